The molecule has 2 spiro atoms. The normalized spacial score (nSPS) is 56.6. The molecule has 4 saturated carbocycles. The lowest BCUT2D eigenvalue weighted by Crippen LogP contribution is -2.58. The Bertz CT molecular complexity index is 2170. The number of allylic oxidation sites excluding steroid dienone is 1. The monoisotopic (exact) mass is 847 g/mol. The minimum atomic E-state index is -0.539. The molecule has 4 aliphatic heterocycles. The van der Waals surface area contributed by atoms with Gasteiger partial charge < -0.3 is 24.1 Å². The predicted octanol–water partition coefficient (Wildman–Crippen LogP) is 9.19. The Balaban J connectivity index is 0.763. The summed E-state index contributed by atoms with van der Waals surface area (Å²) in [6, 6.07) is 0. The molecule has 8 heteroatoms. The van der Waals surface area contributed by atoms with Gasteiger partial charge in [0.15, 0.2) is 11.6 Å². The number of rotatable bonds is 0. The first kappa shape index (κ1) is 40.3. The highest BCUT2D eigenvalue weighted by Gasteiger charge is 2.71. The third kappa shape index (κ3) is 4.91. The molecular formula is C54H74N2O6. The van der Waals surface area contributed by atoms with Gasteiger partial charge in [0.1, 0.15) is 5.78 Å². The van der Waals surface area contributed by atoms with Gasteiger partial charge in [-0.05, 0) is 136 Å². The van der Waals surface area contributed by atoms with Crippen LogP contribution >= 0.6 is 0 Å². The summed E-state index contributed by atoms with van der Waals surface area (Å²) in [5, 5.41) is 12.4. The molecule has 5 heterocycles. The summed E-state index contributed by atoms with van der Waals surface area (Å²) in [5.74, 6) is 4.12. The molecule has 1 aromatic heterocycles. The minimum absolute atomic E-state index is 0.0203. The van der Waals surface area contributed by atoms with Crippen molar-refractivity contribution in [2.75, 3.05) is 13.2 Å². The second-order valence-corrected chi connectivity index (χ2v) is 25.2. The third-order valence-electron chi connectivity index (χ3n) is 22.6. The van der Waals surface area contributed by atoms with Crippen LogP contribution in [0.3, 0.4) is 0 Å². The van der Waals surface area contributed by atoms with E-state index in [-0.39, 0.29) is 58.2 Å². The van der Waals surface area contributed by atoms with Crippen molar-refractivity contribution in [2.24, 2.45) is 92.7 Å². The van der Waals surface area contributed by atoms with Crippen molar-refractivity contribution in [1.82, 2.24) is 9.97 Å². The summed E-state index contributed by atoms with van der Waals surface area (Å²) in [6.07, 6.45) is 18.8. The summed E-state index contributed by atoms with van der Waals surface area (Å²) >= 11 is 0. The van der Waals surface area contributed by atoms with Crippen LogP contribution in [0.25, 0.3) is 0 Å². The van der Waals surface area contributed by atoms with Crippen molar-refractivity contribution in [3.8, 4) is 0 Å². The van der Waals surface area contributed by atoms with E-state index in [0.717, 1.165) is 77.4 Å². The number of carbonyl (C=O) groups excluding carboxylic acids is 1. The zero-order chi connectivity index (χ0) is 42.7. The Labute approximate surface area is 370 Å². The van der Waals surface area contributed by atoms with Crippen LogP contribution in [0.5, 0.6) is 0 Å². The highest BCUT2D eigenvalue weighted by Crippen LogP contribution is 2.71. The second kappa shape index (κ2) is 12.9. The molecule has 0 bridgehead atoms. The number of ketones is 1. The van der Waals surface area contributed by atoms with Gasteiger partial charge in [-0.1, -0.05) is 71.8 Å². The number of hydrogen-bond acceptors (Lipinski definition) is 8. The Morgan fingerprint density at radius 2 is 1.15 bits per heavy atom. The summed E-state index contributed by atoms with van der Waals surface area (Å²) in [7, 11) is 0. The third-order valence-corrected chi connectivity index (χ3v) is 22.6. The zero-order valence-electron chi connectivity index (χ0n) is 39.0. The predicted molar refractivity (Wildman–Crippen MR) is 234 cm³/mol. The summed E-state index contributed by atoms with van der Waals surface area (Å²) < 4.78 is 27.0. The number of aromatic nitrogens is 2. The van der Waals surface area contributed by atoms with E-state index in [4.69, 9.17) is 28.9 Å². The molecule has 0 aromatic carbocycles. The van der Waals surface area contributed by atoms with E-state index in [0.29, 0.717) is 59.5 Å². The van der Waals surface area contributed by atoms with Crippen molar-refractivity contribution in [1.29, 1.82) is 0 Å². The Hall–Kier alpha value is -1.97. The van der Waals surface area contributed by atoms with Gasteiger partial charge >= 0.3 is 0 Å². The SMILES string of the molecule is C[C@H]1CC[C@@]2(OC1)O[C@H]1C=C3[C@@H]4CC[C@H]5Cc6nc7c(nc6C[C@]5(C)[C@H]4CC(=O)[C@]3(C)[C@H]1[C@@H]2C)C[C@@H]1CC[C@H]2C3=C[C@@H]4O[C@]5(CC[C@H](C)CO5)[C@@H](C)[C@@H]4[C@@]3(C)[C@H](O)C[C@@H]2[C@@]1(C)C7. The fraction of sp³-hybridized carbons (Fsp3) is 0.833. The van der Waals surface area contributed by atoms with E-state index in [9.17, 15) is 9.90 Å². The topological polar surface area (TPSA) is 100 Å². The van der Waals surface area contributed by atoms with Crippen LogP contribution < -0.4 is 0 Å². The summed E-state index contributed by atoms with van der Waals surface area (Å²) in [5.41, 5.74) is 7.19. The van der Waals surface area contributed by atoms with Crippen LogP contribution in [0, 0.1) is 92.7 Å². The first-order valence-corrected chi connectivity index (χ1v) is 25.7. The molecule has 1 aromatic rings. The zero-order valence-corrected chi connectivity index (χ0v) is 39.0. The van der Waals surface area contributed by atoms with Gasteiger partial charge in [0.05, 0.1) is 59.7 Å². The van der Waals surface area contributed by atoms with Crippen LogP contribution in [-0.4, -0.2) is 64.0 Å². The van der Waals surface area contributed by atoms with Crippen molar-refractivity contribution in [2.45, 2.75) is 175 Å². The fourth-order valence-electron chi connectivity index (χ4n) is 18.9. The number of aliphatic hydroxyl groups is 1. The maximum Gasteiger partial charge on any atom is 0.172 e. The van der Waals surface area contributed by atoms with E-state index in [1.165, 1.54) is 53.2 Å². The number of ether oxygens (including phenoxy) is 4. The first-order valence-electron chi connectivity index (χ1n) is 25.7. The maximum absolute atomic E-state index is 14.8. The molecular weight excluding hydrogens is 773 g/mol. The molecule has 8 nitrogen and oxygen atoms in total. The van der Waals surface area contributed by atoms with Crippen molar-refractivity contribution < 1.29 is 28.8 Å². The van der Waals surface area contributed by atoms with Gasteiger partial charge in [-0.2, -0.15) is 0 Å². The molecule has 4 saturated heterocycles. The molecule has 62 heavy (non-hydrogen) atoms. The van der Waals surface area contributed by atoms with Gasteiger partial charge in [0, 0.05) is 48.3 Å². The van der Waals surface area contributed by atoms with E-state index in [1.807, 2.05) is 0 Å². The number of Topliss-reactive ketones (excluding diaryl/α,β-unsaturated/α-hetero) is 1. The lowest BCUT2D eigenvalue weighted by Gasteiger charge is -2.60. The fourth-order valence-corrected chi connectivity index (χ4v) is 18.9. The molecule has 21 atom stereocenters. The molecule has 13 rings (SSSR count). The molecule has 1 N–H and O–H groups in total. The standard InChI is InChI=1S/C54H74N2O6/c1-27-13-15-53(59-25-27)29(3)47-43(61-53)19-37-33-11-9-31-17-39-41(23-49(31,5)35(33)21-45(57)51(37,47)7)55-40-18-32-10-12-34-36(50(32,6)24-42(40)56-39)22-46(58)52(8)38(34)20-44-48(52)30(4)54(62-44)16-14-28(2)26-60-54/h19-20,27-36,43-45,47-48,57H,9-18,21-26H2,1-8H3/t27-,28-,29-,30-,31-,32-,33+,34+,35-,36-,43-,44-,45+,47-,48-,49-,50-,51+,52+,53+,54+/m0/s1. The Morgan fingerprint density at radius 1 is 0.629 bits per heavy atom. The van der Waals surface area contributed by atoms with Crippen molar-refractivity contribution in [3.05, 3.63) is 46.1 Å². The average molecular weight is 847 g/mol. The van der Waals surface area contributed by atoms with Crippen LogP contribution in [-0.2, 0) is 49.4 Å². The Kier molecular flexibility index (Phi) is 8.40. The summed E-state index contributed by atoms with van der Waals surface area (Å²) in [6.45, 7) is 20.5. The number of fused-ring (bicyclic) bond motifs is 16. The van der Waals surface area contributed by atoms with E-state index < -0.39 is 17.0 Å². The number of carbonyl (C=O) groups is 1. The minimum Gasteiger partial charge on any atom is -0.392 e. The largest absolute Gasteiger partial charge is 0.392 e. The molecule has 0 radical (unpaired) electrons. The Morgan fingerprint density at radius 3 is 1.71 bits per heavy atom. The quantitative estimate of drug-likeness (QED) is 0.258. The van der Waals surface area contributed by atoms with Crippen molar-refractivity contribution >= 4 is 5.78 Å². The number of hydrogen-bond donors (Lipinski definition) is 1. The molecule has 336 valence electrons. The summed E-state index contributed by atoms with van der Waals surface area (Å²) in [4.78, 5) is 26.1. The van der Waals surface area contributed by atoms with Crippen LogP contribution in [0.15, 0.2) is 23.3 Å². The van der Waals surface area contributed by atoms with Gasteiger partial charge in [0.25, 0.3) is 0 Å². The highest BCUT2D eigenvalue weighted by molar-refractivity contribution is 5.91. The van der Waals surface area contributed by atoms with Gasteiger partial charge in [-0.25, -0.2) is 0 Å². The molecule has 12 aliphatic rings. The lowest BCUT2D eigenvalue weighted by molar-refractivity contribution is -0.265. The van der Waals surface area contributed by atoms with E-state index in [2.05, 4.69) is 67.5 Å². The van der Waals surface area contributed by atoms with Gasteiger partial charge in [-0.15, -0.1) is 0 Å². The van der Waals surface area contributed by atoms with Crippen LogP contribution in [0.2, 0.25) is 0 Å². The second-order valence-electron chi connectivity index (χ2n) is 25.2. The smallest absolute Gasteiger partial charge is 0.172 e. The van der Waals surface area contributed by atoms with Gasteiger partial charge in [-0.3, -0.25) is 14.8 Å². The highest BCUT2D eigenvalue weighted by atomic mass is 16.7. The molecule has 8 aliphatic carbocycles. The van der Waals surface area contributed by atoms with Crippen molar-refractivity contribution in [3.63, 3.8) is 0 Å². The van der Waals surface area contributed by atoms with E-state index in [1.54, 1.807) is 0 Å². The first-order chi connectivity index (χ1) is 29.5. The molecule has 0 amide bonds. The van der Waals surface area contributed by atoms with Crippen LogP contribution in [0.1, 0.15) is 142 Å². The van der Waals surface area contributed by atoms with E-state index >= 15 is 0 Å². The van der Waals surface area contributed by atoms with Crippen LogP contribution in [0.4, 0.5) is 0 Å². The van der Waals surface area contributed by atoms with Gasteiger partial charge in [0.2, 0.25) is 0 Å². The number of nitrogens with zero attached hydrogens (tertiary/aromatic N) is 2. The maximum atomic E-state index is 14.8. The number of aliphatic hydroxyl groups excluding tert-OH is 1. The lowest BCUT2D eigenvalue weighted by atomic mass is 9.45. The molecule has 0 unspecified atom stereocenters. The molecule has 8 fully saturated rings. The average Bonchev–Trinajstić information content (AvgIpc) is 3.89.